The Morgan fingerprint density at radius 3 is 2.24 bits per heavy atom. The molecule has 0 fully saturated rings. The number of nitrogens with zero attached hydrogens (tertiary/aromatic N) is 1. The average Bonchev–Trinajstić information content (AvgIpc) is 2.89. The van der Waals surface area contributed by atoms with Gasteiger partial charge in [0, 0.05) is 24.7 Å². The fraction of sp³-hybridized carbons (Fsp3) is 0.379. The van der Waals surface area contributed by atoms with Crippen molar-refractivity contribution in [2.45, 2.75) is 52.7 Å². The Bertz CT molecular complexity index is 1020. The second-order valence-corrected chi connectivity index (χ2v) is 9.69. The van der Waals surface area contributed by atoms with Gasteiger partial charge in [0.1, 0.15) is 17.7 Å². The topological polar surface area (TPSA) is 117 Å². The summed E-state index contributed by atoms with van der Waals surface area (Å²) in [5, 5.41) is 21.9. The number of benzene rings is 1. The summed E-state index contributed by atoms with van der Waals surface area (Å²) in [6, 6.07) is 9.46. The monoisotopic (exact) mass is 546 g/mol. The normalized spacial score (nSPS) is 13.4. The van der Waals surface area contributed by atoms with Gasteiger partial charge in [-0.1, -0.05) is 64.1 Å². The van der Waals surface area contributed by atoms with E-state index in [0.29, 0.717) is 17.1 Å². The number of nitrogens with two attached hydrogens (primary N) is 1. The quantitative estimate of drug-likeness (QED) is 0.125. The highest BCUT2D eigenvalue weighted by Gasteiger charge is 2.16. The molecule has 212 valence electrons. The van der Waals surface area contributed by atoms with Crippen LogP contribution in [0.15, 0.2) is 103 Å². The van der Waals surface area contributed by atoms with Crippen molar-refractivity contribution in [3.8, 4) is 5.75 Å². The predicted molar refractivity (Wildman–Crippen MR) is 159 cm³/mol. The molecule has 0 aliphatic carbocycles. The number of sulfonamides is 1. The van der Waals surface area contributed by atoms with E-state index in [0.717, 1.165) is 49.9 Å². The minimum atomic E-state index is -3.84. The van der Waals surface area contributed by atoms with Gasteiger partial charge in [-0.25, -0.2) is 13.6 Å². The molecule has 0 bridgehead atoms. The van der Waals surface area contributed by atoms with Crippen LogP contribution in [-0.2, 0) is 10.0 Å². The van der Waals surface area contributed by atoms with Crippen LogP contribution in [0.1, 0.15) is 46.5 Å². The van der Waals surface area contributed by atoms with Gasteiger partial charge in [0.15, 0.2) is 0 Å². The van der Waals surface area contributed by atoms with Crippen molar-refractivity contribution in [2.75, 3.05) is 20.1 Å². The van der Waals surface area contributed by atoms with Crippen LogP contribution in [0.3, 0.4) is 0 Å². The minimum absolute atomic E-state index is 0.362. The zero-order valence-corrected chi connectivity index (χ0v) is 24.1. The molecule has 38 heavy (non-hydrogen) atoms. The number of hydrogen-bond acceptors (Lipinski definition) is 7. The SMILES string of the molecule is C=C/C=C\NC=C.CCCCN(CCCC)C(/C=C(\C=C\S(N)(=O)=O)C(O)NC)=C(/C)Oc1ccccc1. The van der Waals surface area contributed by atoms with Gasteiger partial charge >= 0.3 is 0 Å². The van der Waals surface area contributed by atoms with Gasteiger partial charge in [-0.05, 0) is 68.9 Å². The van der Waals surface area contributed by atoms with E-state index in [4.69, 9.17) is 9.88 Å². The molecule has 0 aromatic heterocycles. The van der Waals surface area contributed by atoms with E-state index in [1.165, 1.54) is 6.08 Å². The highest BCUT2D eigenvalue weighted by atomic mass is 32.2. The Labute approximate surface area is 230 Å². The summed E-state index contributed by atoms with van der Waals surface area (Å²) in [7, 11) is -2.25. The van der Waals surface area contributed by atoms with Crippen LogP contribution in [-0.4, -0.2) is 44.8 Å². The standard InChI is InChI=1S/C23H37N3O4S.C6H9N/c1-5-7-15-26(16-8-6-2)22(19(3)30-21-12-10-9-11-13-21)18-20(23(27)25-4)14-17-31(24,28)29;1-3-5-6-7-4-2/h9-14,17-18,23,25,27H,5-8,15-16H2,1-4H3,(H2,24,28,29);3-7H,1-2H2/b17-14+,20-18+,22-19-;6-5-. The van der Waals surface area contributed by atoms with E-state index in [1.54, 1.807) is 37.7 Å². The van der Waals surface area contributed by atoms with Gasteiger partial charge in [0.25, 0.3) is 0 Å². The van der Waals surface area contributed by atoms with E-state index in [9.17, 15) is 13.5 Å². The van der Waals surface area contributed by atoms with E-state index >= 15 is 0 Å². The van der Waals surface area contributed by atoms with Crippen LogP contribution in [0, 0.1) is 0 Å². The number of primary sulfonamides is 1. The van der Waals surface area contributed by atoms with E-state index in [2.05, 4.69) is 42.5 Å². The molecule has 0 saturated heterocycles. The number of aliphatic hydroxyl groups is 1. The Balaban J connectivity index is 0.00000171. The zero-order chi connectivity index (χ0) is 28.8. The Hall–Kier alpha value is -3.11. The number of ether oxygens (including phenoxy) is 1. The molecule has 1 aromatic rings. The number of nitrogens with one attached hydrogen (secondary N) is 2. The number of likely N-dealkylation sites (N-methyl/N-ethyl adjacent to an activating group) is 1. The Morgan fingerprint density at radius 1 is 1.16 bits per heavy atom. The molecule has 0 aliphatic heterocycles. The molecule has 1 rings (SSSR count). The molecule has 0 saturated carbocycles. The molecule has 5 N–H and O–H groups in total. The number of para-hydroxylation sites is 1. The second-order valence-electron chi connectivity index (χ2n) is 8.24. The number of unbranched alkanes of at least 4 members (excludes halogenated alkanes) is 2. The van der Waals surface area contributed by atoms with Crippen LogP contribution < -0.4 is 20.5 Å². The van der Waals surface area contributed by atoms with Crippen LogP contribution in [0.4, 0.5) is 0 Å². The average molecular weight is 547 g/mol. The van der Waals surface area contributed by atoms with Crippen molar-refractivity contribution in [1.82, 2.24) is 15.5 Å². The maximum atomic E-state index is 11.4. The summed E-state index contributed by atoms with van der Waals surface area (Å²) in [5.41, 5.74) is 1.15. The van der Waals surface area contributed by atoms with Crippen molar-refractivity contribution in [2.24, 2.45) is 5.14 Å². The van der Waals surface area contributed by atoms with Crippen molar-refractivity contribution in [3.05, 3.63) is 103 Å². The van der Waals surface area contributed by atoms with Gasteiger partial charge in [-0.15, -0.1) is 0 Å². The molecule has 1 unspecified atom stereocenters. The largest absolute Gasteiger partial charge is 0.460 e. The molecule has 0 amide bonds. The molecule has 8 nitrogen and oxygen atoms in total. The van der Waals surface area contributed by atoms with Crippen LogP contribution in [0.5, 0.6) is 5.75 Å². The van der Waals surface area contributed by atoms with E-state index in [-0.39, 0.29) is 0 Å². The van der Waals surface area contributed by atoms with Crippen LogP contribution in [0.25, 0.3) is 0 Å². The molecule has 9 heteroatoms. The number of aliphatic hydroxyl groups excluding tert-OH is 1. The summed E-state index contributed by atoms with van der Waals surface area (Å²) in [4.78, 5) is 2.22. The van der Waals surface area contributed by atoms with Gasteiger partial charge in [-0.3, -0.25) is 5.32 Å². The first-order chi connectivity index (χ1) is 18.1. The molecule has 0 radical (unpaired) electrons. The maximum Gasteiger partial charge on any atom is 0.231 e. The molecular weight excluding hydrogens is 500 g/mol. The maximum absolute atomic E-state index is 11.4. The highest BCUT2D eigenvalue weighted by molar-refractivity contribution is 7.92. The van der Waals surface area contributed by atoms with Crippen molar-refractivity contribution < 1.29 is 18.3 Å². The second kappa shape index (κ2) is 20.9. The third-order valence-corrected chi connectivity index (χ3v) is 5.58. The van der Waals surface area contributed by atoms with Gasteiger partial charge in [0.2, 0.25) is 10.0 Å². The lowest BCUT2D eigenvalue weighted by Gasteiger charge is -2.28. The Kier molecular flexibility index (Phi) is 19.2. The minimum Gasteiger partial charge on any atom is -0.460 e. The summed E-state index contributed by atoms with van der Waals surface area (Å²) in [5.74, 6) is 1.36. The lowest BCUT2D eigenvalue weighted by atomic mass is 10.1. The number of allylic oxidation sites excluding steroid dienone is 4. The zero-order valence-electron chi connectivity index (χ0n) is 23.3. The van der Waals surface area contributed by atoms with Gasteiger partial charge < -0.3 is 20.1 Å². The van der Waals surface area contributed by atoms with Crippen molar-refractivity contribution >= 4 is 10.0 Å². The predicted octanol–water partition coefficient (Wildman–Crippen LogP) is 4.88. The van der Waals surface area contributed by atoms with Crippen LogP contribution in [0.2, 0.25) is 0 Å². The first-order valence-electron chi connectivity index (χ1n) is 12.7. The number of rotatable bonds is 17. The fourth-order valence-electron chi connectivity index (χ4n) is 3.09. The third-order valence-electron chi connectivity index (χ3n) is 5.07. The van der Waals surface area contributed by atoms with Gasteiger partial charge in [0.05, 0.1) is 5.70 Å². The van der Waals surface area contributed by atoms with Gasteiger partial charge in [-0.2, -0.15) is 0 Å². The Morgan fingerprint density at radius 2 is 1.76 bits per heavy atom. The fourth-order valence-corrected chi connectivity index (χ4v) is 3.44. The molecule has 1 atom stereocenters. The highest BCUT2D eigenvalue weighted by Crippen LogP contribution is 2.22. The molecular formula is C29H46N4O4S. The number of hydrogen-bond donors (Lipinski definition) is 4. The van der Waals surface area contributed by atoms with E-state index in [1.807, 2.05) is 37.3 Å². The summed E-state index contributed by atoms with van der Waals surface area (Å²) >= 11 is 0. The first-order valence-corrected chi connectivity index (χ1v) is 14.3. The summed E-state index contributed by atoms with van der Waals surface area (Å²) in [6.45, 7) is 14.7. The summed E-state index contributed by atoms with van der Waals surface area (Å²) in [6.07, 6.45) is 12.9. The van der Waals surface area contributed by atoms with Crippen LogP contribution >= 0.6 is 0 Å². The lowest BCUT2D eigenvalue weighted by molar-refractivity contribution is 0.186. The lowest BCUT2D eigenvalue weighted by Crippen LogP contribution is -2.29. The first kappa shape index (κ1) is 34.9. The molecule has 0 aliphatic rings. The summed E-state index contributed by atoms with van der Waals surface area (Å²) < 4.78 is 29.0. The molecule has 0 heterocycles. The smallest absolute Gasteiger partial charge is 0.231 e. The van der Waals surface area contributed by atoms with Crippen molar-refractivity contribution in [1.29, 1.82) is 0 Å². The molecule has 1 aromatic carbocycles. The molecule has 0 spiro atoms. The van der Waals surface area contributed by atoms with E-state index < -0.39 is 16.3 Å². The third kappa shape index (κ3) is 16.6. The van der Waals surface area contributed by atoms with Crippen molar-refractivity contribution in [3.63, 3.8) is 0 Å².